The fourth-order valence-electron chi connectivity index (χ4n) is 1.57. The van der Waals surface area contributed by atoms with E-state index >= 15 is 0 Å². The lowest BCUT2D eigenvalue weighted by Crippen LogP contribution is -2.05. The third-order valence-corrected chi connectivity index (χ3v) is 3.87. The van der Waals surface area contributed by atoms with Crippen LogP contribution in [0.15, 0.2) is 59.0 Å². The van der Waals surface area contributed by atoms with Crippen molar-refractivity contribution in [1.29, 1.82) is 0 Å². The van der Waals surface area contributed by atoms with Crippen LogP contribution >= 0.6 is 22.7 Å². The summed E-state index contributed by atoms with van der Waals surface area (Å²) in [6.45, 7) is 7.67. The molecule has 0 aliphatic heterocycles. The predicted octanol–water partition coefficient (Wildman–Crippen LogP) is 4.98. The fraction of sp³-hybridized carbons (Fsp3) is 0.143. The summed E-state index contributed by atoms with van der Waals surface area (Å²) in [6.07, 6.45) is 3.49. The standard InChI is InChI=1S/C14H14OS2/c1-3-13(11-5-7-16-9-11)15-14(4-2)12-6-8-17-10-12/h3-10,13-14H,1-2H2. The second kappa shape index (κ2) is 5.96. The summed E-state index contributed by atoms with van der Waals surface area (Å²) in [5.41, 5.74) is 2.29. The Kier molecular flexibility index (Phi) is 4.31. The Bertz CT molecular complexity index is 412. The highest BCUT2D eigenvalue weighted by Crippen LogP contribution is 2.30. The van der Waals surface area contributed by atoms with Crippen LogP contribution < -0.4 is 0 Å². The van der Waals surface area contributed by atoms with Crippen LogP contribution in [0.3, 0.4) is 0 Å². The van der Waals surface area contributed by atoms with Crippen molar-refractivity contribution in [3.05, 3.63) is 70.1 Å². The highest BCUT2D eigenvalue weighted by atomic mass is 32.1. The van der Waals surface area contributed by atoms with Crippen molar-refractivity contribution < 1.29 is 4.74 Å². The first-order valence-corrected chi connectivity index (χ1v) is 7.18. The molecular weight excluding hydrogens is 248 g/mol. The van der Waals surface area contributed by atoms with Crippen molar-refractivity contribution in [3.63, 3.8) is 0 Å². The van der Waals surface area contributed by atoms with E-state index in [1.807, 2.05) is 22.9 Å². The summed E-state index contributed by atoms with van der Waals surface area (Å²) in [5, 5.41) is 8.26. The molecule has 0 aliphatic rings. The van der Waals surface area contributed by atoms with Gasteiger partial charge in [0, 0.05) is 0 Å². The third-order valence-electron chi connectivity index (χ3n) is 2.46. The zero-order chi connectivity index (χ0) is 12.1. The van der Waals surface area contributed by atoms with Gasteiger partial charge in [-0.05, 0) is 44.8 Å². The maximum Gasteiger partial charge on any atom is 0.102 e. The van der Waals surface area contributed by atoms with Crippen LogP contribution in [-0.2, 0) is 4.74 Å². The minimum atomic E-state index is -0.0795. The van der Waals surface area contributed by atoms with Gasteiger partial charge in [0.2, 0.25) is 0 Å². The summed E-state index contributed by atoms with van der Waals surface area (Å²) in [7, 11) is 0. The number of ether oxygens (including phenoxy) is 1. The summed E-state index contributed by atoms with van der Waals surface area (Å²) >= 11 is 3.33. The van der Waals surface area contributed by atoms with Crippen molar-refractivity contribution >= 4 is 22.7 Å². The van der Waals surface area contributed by atoms with E-state index in [1.165, 1.54) is 0 Å². The molecule has 88 valence electrons. The van der Waals surface area contributed by atoms with Gasteiger partial charge < -0.3 is 4.74 Å². The van der Waals surface area contributed by atoms with Crippen LogP contribution in [0.2, 0.25) is 0 Å². The van der Waals surface area contributed by atoms with Crippen LogP contribution in [0.25, 0.3) is 0 Å². The molecule has 0 amide bonds. The number of hydrogen-bond acceptors (Lipinski definition) is 3. The molecule has 2 rings (SSSR count). The quantitative estimate of drug-likeness (QED) is 0.667. The molecule has 0 saturated heterocycles. The molecular formula is C14H14OS2. The molecule has 0 aliphatic carbocycles. The second-order valence-corrected chi connectivity index (χ2v) is 5.12. The summed E-state index contributed by atoms with van der Waals surface area (Å²) in [6, 6.07) is 4.12. The first-order chi connectivity index (χ1) is 8.35. The number of rotatable bonds is 6. The van der Waals surface area contributed by atoms with E-state index in [9.17, 15) is 0 Å². The number of thiophene rings is 2. The first kappa shape index (κ1) is 12.3. The molecule has 2 unspecified atom stereocenters. The third kappa shape index (κ3) is 2.94. The highest BCUT2D eigenvalue weighted by Gasteiger charge is 2.15. The molecule has 0 radical (unpaired) electrons. The molecule has 0 aromatic carbocycles. The Morgan fingerprint density at radius 2 is 1.41 bits per heavy atom. The van der Waals surface area contributed by atoms with Gasteiger partial charge >= 0.3 is 0 Å². The zero-order valence-electron chi connectivity index (χ0n) is 9.41. The molecule has 2 aromatic heterocycles. The number of hydrogen-bond donors (Lipinski definition) is 0. The Hall–Kier alpha value is -1.16. The van der Waals surface area contributed by atoms with Crippen molar-refractivity contribution in [3.8, 4) is 0 Å². The predicted molar refractivity (Wildman–Crippen MR) is 75.6 cm³/mol. The molecule has 2 atom stereocenters. The van der Waals surface area contributed by atoms with E-state index in [-0.39, 0.29) is 12.2 Å². The summed E-state index contributed by atoms with van der Waals surface area (Å²) < 4.78 is 6.01. The normalized spacial score (nSPS) is 14.1. The van der Waals surface area contributed by atoms with Gasteiger partial charge in [-0.3, -0.25) is 0 Å². The Labute approximate surface area is 110 Å². The monoisotopic (exact) mass is 262 g/mol. The Morgan fingerprint density at radius 1 is 0.941 bits per heavy atom. The topological polar surface area (TPSA) is 9.23 Å². The van der Waals surface area contributed by atoms with E-state index < -0.39 is 0 Å². The molecule has 0 N–H and O–H groups in total. The van der Waals surface area contributed by atoms with Crippen LogP contribution in [0, 0.1) is 0 Å². The molecule has 2 aromatic rings. The summed E-state index contributed by atoms with van der Waals surface area (Å²) in [5.74, 6) is 0. The molecule has 0 fully saturated rings. The molecule has 0 bridgehead atoms. The lowest BCUT2D eigenvalue weighted by atomic mass is 10.1. The smallest absolute Gasteiger partial charge is 0.102 e. The van der Waals surface area contributed by atoms with E-state index in [4.69, 9.17) is 4.74 Å². The average molecular weight is 262 g/mol. The fourth-order valence-corrected chi connectivity index (χ4v) is 2.94. The van der Waals surface area contributed by atoms with Gasteiger partial charge in [-0.1, -0.05) is 12.2 Å². The lowest BCUT2D eigenvalue weighted by Gasteiger charge is -2.19. The Morgan fingerprint density at radius 3 is 1.71 bits per heavy atom. The molecule has 1 nitrogen and oxygen atoms in total. The van der Waals surface area contributed by atoms with Crippen molar-refractivity contribution in [1.82, 2.24) is 0 Å². The van der Waals surface area contributed by atoms with Crippen LogP contribution in [0.1, 0.15) is 23.3 Å². The Balaban J connectivity index is 2.12. The van der Waals surface area contributed by atoms with Crippen LogP contribution in [0.5, 0.6) is 0 Å². The van der Waals surface area contributed by atoms with E-state index in [1.54, 1.807) is 22.7 Å². The van der Waals surface area contributed by atoms with Crippen LogP contribution in [0.4, 0.5) is 0 Å². The van der Waals surface area contributed by atoms with E-state index in [0.717, 1.165) is 11.1 Å². The zero-order valence-corrected chi connectivity index (χ0v) is 11.0. The first-order valence-electron chi connectivity index (χ1n) is 5.30. The van der Waals surface area contributed by atoms with Gasteiger partial charge in [-0.2, -0.15) is 22.7 Å². The average Bonchev–Trinajstić information content (AvgIpc) is 3.03. The van der Waals surface area contributed by atoms with Gasteiger partial charge in [0.1, 0.15) is 12.2 Å². The van der Waals surface area contributed by atoms with Crippen molar-refractivity contribution in [2.75, 3.05) is 0 Å². The second-order valence-electron chi connectivity index (χ2n) is 3.56. The highest BCUT2D eigenvalue weighted by molar-refractivity contribution is 7.08. The maximum atomic E-state index is 6.01. The largest absolute Gasteiger partial charge is 0.357 e. The molecule has 0 saturated carbocycles. The minimum Gasteiger partial charge on any atom is -0.357 e. The van der Waals surface area contributed by atoms with Gasteiger partial charge in [0.15, 0.2) is 0 Å². The SMILES string of the molecule is C=CC(OC(C=C)c1ccsc1)c1ccsc1. The van der Waals surface area contributed by atoms with Gasteiger partial charge in [0.25, 0.3) is 0 Å². The van der Waals surface area contributed by atoms with Gasteiger partial charge in [-0.25, -0.2) is 0 Å². The van der Waals surface area contributed by atoms with Gasteiger partial charge in [-0.15, -0.1) is 13.2 Å². The summed E-state index contributed by atoms with van der Waals surface area (Å²) in [4.78, 5) is 0. The van der Waals surface area contributed by atoms with Crippen molar-refractivity contribution in [2.24, 2.45) is 0 Å². The van der Waals surface area contributed by atoms with Crippen molar-refractivity contribution in [2.45, 2.75) is 12.2 Å². The van der Waals surface area contributed by atoms with E-state index in [0.29, 0.717) is 0 Å². The molecule has 17 heavy (non-hydrogen) atoms. The minimum absolute atomic E-state index is 0.0795. The maximum absolute atomic E-state index is 6.01. The molecule has 3 heteroatoms. The van der Waals surface area contributed by atoms with Crippen LogP contribution in [-0.4, -0.2) is 0 Å². The lowest BCUT2D eigenvalue weighted by molar-refractivity contribution is 0.0408. The molecule has 2 heterocycles. The van der Waals surface area contributed by atoms with Gasteiger partial charge in [0.05, 0.1) is 0 Å². The van der Waals surface area contributed by atoms with E-state index in [2.05, 4.69) is 36.1 Å². The molecule has 0 spiro atoms.